The molecule has 1 atom stereocenters. The molecule has 30 heavy (non-hydrogen) atoms. The van der Waals surface area contributed by atoms with Crippen molar-refractivity contribution in [2.45, 2.75) is 25.9 Å². The van der Waals surface area contributed by atoms with Crippen LogP contribution in [0, 0.1) is 0 Å². The molecule has 0 spiro atoms. The molecule has 0 saturated heterocycles. The van der Waals surface area contributed by atoms with Crippen molar-refractivity contribution in [3.63, 3.8) is 0 Å². The van der Waals surface area contributed by atoms with Crippen LogP contribution in [0.2, 0.25) is 0 Å². The number of aliphatic hydroxyl groups is 1. The highest BCUT2D eigenvalue weighted by Crippen LogP contribution is 2.19. The van der Waals surface area contributed by atoms with E-state index in [0.29, 0.717) is 19.7 Å². The molecular formula is C22H29NO7. The van der Waals surface area contributed by atoms with E-state index in [4.69, 9.17) is 29.3 Å². The molecule has 8 nitrogen and oxygen atoms in total. The average molecular weight is 419 g/mol. The topological polar surface area (TPSA) is 125 Å². The zero-order valence-electron chi connectivity index (χ0n) is 17.0. The third-order valence-corrected chi connectivity index (χ3v) is 3.78. The molecule has 0 aromatic heterocycles. The maximum absolute atomic E-state index is 9.91. The molecule has 0 fully saturated rings. The first-order valence-corrected chi connectivity index (χ1v) is 9.67. The van der Waals surface area contributed by atoms with Gasteiger partial charge in [-0.1, -0.05) is 49.7 Å². The molecule has 1 unspecified atom stereocenters. The maximum Gasteiger partial charge on any atom is 0.414 e. The van der Waals surface area contributed by atoms with Crippen LogP contribution in [0.15, 0.2) is 54.6 Å². The normalized spacial score (nSPS) is 11.0. The van der Waals surface area contributed by atoms with Gasteiger partial charge in [-0.25, -0.2) is 9.59 Å². The molecule has 0 amide bonds. The van der Waals surface area contributed by atoms with E-state index in [1.54, 1.807) is 0 Å². The molecule has 164 valence electrons. The number of benzene rings is 2. The number of nitrogens with one attached hydrogen (secondary N) is 1. The van der Waals surface area contributed by atoms with Crippen molar-refractivity contribution in [3.8, 4) is 11.5 Å². The Hall–Kier alpha value is -3.10. The number of hydrogen-bond donors (Lipinski definition) is 4. The second-order valence-corrected chi connectivity index (χ2v) is 6.30. The van der Waals surface area contributed by atoms with Gasteiger partial charge in [-0.2, -0.15) is 0 Å². The van der Waals surface area contributed by atoms with Crippen molar-refractivity contribution in [2.24, 2.45) is 0 Å². The molecule has 0 aliphatic carbocycles. The van der Waals surface area contributed by atoms with Gasteiger partial charge in [0.25, 0.3) is 0 Å². The number of hydrogen-bond acceptors (Lipinski definition) is 6. The second kappa shape index (κ2) is 14.8. The number of aliphatic hydroxyl groups excluding tert-OH is 1. The lowest BCUT2D eigenvalue weighted by Gasteiger charge is -2.14. The van der Waals surface area contributed by atoms with Gasteiger partial charge in [0.05, 0.1) is 0 Å². The van der Waals surface area contributed by atoms with Crippen LogP contribution in [-0.2, 0) is 16.0 Å². The van der Waals surface area contributed by atoms with Gasteiger partial charge in [-0.3, -0.25) is 0 Å². The molecule has 2 aromatic rings. The van der Waals surface area contributed by atoms with Gasteiger partial charge in [0, 0.05) is 13.1 Å². The number of rotatable bonds is 11. The minimum atomic E-state index is -1.82. The van der Waals surface area contributed by atoms with Crippen molar-refractivity contribution >= 4 is 11.9 Å². The zero-order chi connectivity index (χ0) is 22.2. The van der Waals surface area contributed by atoms with Crippen LogP contribution in [0.3, 0.4) is 0 Å². The Labute approximate surface area is 176 Å². The summed E-state index contributed by atoms with van der Waals surface area (Å²) in [4.78, 5) is 18.2. The lowest BCUT2D eigenvalue weighted by atomic mass is 10.1. The van der Waals surface area contributed by atoms with E-state index >= 15 is 0 Å². The molecule has 4 N–H and O–H groups in total. The van der Waals surface area contributed by atoms with Crippen LogP contribution in [-0.4, -0.2) is 59.7 Å². The largest absolute Gasteiger partial charge is 0.492 e. The van der Waals surface area contributed by atoms with E-state index in [2.05, 4.69) is 18.3 Å². The van der Waals surface area contributed by atoms with Gasteiger partial charge < -0.3 is 30.1 Å². The quantitative estimate of drug-likeness (QED) is 0.323. The fourth-order valence-corrected chi connectivity index (χ4v) is 2.39. The molecule has 0 bridgehead atoms. The standard InChI is InChI=1S/C20H27NO3.C2H2O4/c1-2-8-17-9-6-7-12-20(17)23-14-13-21-15-18(22)16-24-19-10-4-3-5-11-19;3-1(4)2(5)6/h3-7,9-12,18,21-22H,2,8,13-16H2,1H3;(H,3,4)(H,5,6). The maximum atomic E-state index is 9.91. The van der Waals surface area contributed by atoms with E-state index in [-0.39, 0.29) is 6.61 Å². The van der Waals surface area contributed by atoms with Gasteiger partial charge in [-0.05, 0) is 30.2 Å². The summed E-state index contributed by atoms with van der Waals surface area (Å²) in [6.07, 6.45) is 1.59. The number of para-hydroxylation sites is 2. The molecule has 2 aromatic carbocycles. The van der Waals surface area contributed by atoms with Gasteiger partial charge in [0.15, 0.2) is 0 Å². The van der Waals surface area contributed by atoms with E-state index in [1.165, 1.54) is 5.56 Å². The highest BCUT2D eigenvalue weighted by Gasteiger charge is 2.06. The Balaban J connectivity index is 0.000000656. The summed E-state index contributed by atoms with van der Waals surface area (Å²) in [7, 11) is 0. The molecule has 0 saturated carbocycles. The van der Waals surface area contributed by atoms with Crippen molar-refractivity contribution in [2.75, 3.05) is 26.3 Å². The Morgan fingerprint density at radius 2 is 1.60 bits per heavy atom. The first-order chi connectivity index (χ1) is 14.4. The summed E-state index contributed by atoms with van der Waals surface area (Å²) in [5.41, 5.74) is 1.25. The van der Waals surface area contributed by atoms with E-state index in [0.717, 1.165) is 24.3 Å². The third-order valence-electron chi connectivity index (χ3n) is 3.78. The van der Waals surface area contributed by atoms with Gasteiger partial charge >= 0.3 is 11.9 Å². The van der Waals surface area contributed by atoms with Crippen LogP contribution in [0.4, 0.5) is 0 Å². The minimum absolute atomic E-state index is 0.275. The number of ether oxygens (including phenoxy) is 2. The molecule has 0 heterocycles. The SMILES string of the molecule is CCCc1ccccc1OCCNCC(O)COc1ccccc1.O=C(O)C(=O)O. The van der Waals surface area contributed by atoms with Crippen molar-refractivity contribution < 1.29 is 34.4 Å². The van der Waals surface area contributed by atoms with Crippen LogP contribution >= 0.6 is 0 Å². The predicted octanol–water partition coefficient (Wildman–Crippen LogP) is 2.20. The molecule has 0 aliphatic heterocycles. The number of carboxylic acids is 2. The Kier molecular flexibility index (Phi) is 12.3. The minimum Gasteiger partial charge on any atom is -0.492 e. The van der Waals surface area contributed by atoms with E-state index in [9.17, 15) is 5.11 Å². The fraction of sp³-hybridized carbons (Fsp3) is 0.364. The Bertz CT molecular complexity index is 740. The first-order valence-electron chi connectivity index (χ1n) is 9.67. The summed E-state index contributed by atoms with van der Waals surface area (Å²) in [5, 5.41) is 27.9. The summed E-state index contributed by atoms with van der Waals surface area (Å²) in [5.74, 6) is -1.92. The summed E-state index contributed by atoms with van der Waals surface area (Å²) < 4.78 is 11.3. The Morgan fingerprint density at radius 3 is 2.23 bits per heavy atom. The number of aryl methyl sites for hydroxylation is 1. The van der Waals surface area contributed by atoms with Gasteiger partial charge in [0.1, 0.15) is 30.8 Å². The number of aliphatic carboxylic acids is 2. The van der Waals surface area contributed by atoms with E-state index < -0.39 is 18.0 Å². The van der Waals surface area contributed by atoms with Crippen LogP contribution < -0.4 is 14.8 Å². The second-order valence-electron chi connectivity index (χ2n) is 6.30. The van der Waals surface area contributed by atoms with Gasteiger partial charge in [-0.15, -0.1) is 0 Å². The zero-order valence-corrected chi connectivity index (χ0v) is 17.0. The van der Waals surface area contributed by atoms with Crippen molar-refractivity contribution in [1.82, 2.24) is 5.32 Å². The van der Waals surface area contributed by atoms with Crippen LogP contribution in [0.5, 0.6) is 11.5 Å². The van der Waals surface area contributed by atoms with Crippen LogP contribution in [0.25, 0.3) is 0 Å². The highest BCUT2D eigenvalue weighted by atomic mass is 16.5. The van der Waals surface area contributed by atoms with Gasteiger partial charge in [0.2, 0.25) is 0 Å². The molecular weight excluding hydrogens is 390 g/mol. The van der Waals surface area contributed by atoms with Crippen molar-refractivity contribution in [1.29, 1.82) is 0 Å². The van der Waals surface area contributed by atoms with E-state index in [1.807, 2.05) is 48.5 Å². The Morgan fingerprint density at radius 1 is 0.967 bits per heavy atom. The monoisotopic (exact) mass is 419 g/mol. The number of carboxylic acid groups (broad SMARTS) is 2. The average Bonchev–Trinajstić information content (AvgIpc) is 2.74. The molecule has 0 radical (unpaired) electrons. The molecule has 0 aliphatic rings. The molecule has 2 rings (SSSR count). The first kappa shape index (κ1) is 24.9. The number of carbonyl (C=O) groups is 2. The summed E-state index contributed by atoms with van der Waals surface area (Å²) in [6, 6.07) is 17.7. The lowest BCUT2D eigenvalue weighted by molar-refractivity contribution is -0.159. The highest BCUT2D eigenvalue weighted by molar-refractivity contribution is 6.27. The lowest BCUT2D eigenvalue weighted by Crippen LogP contribution is -2.33. The summed E-state index contributed by atoms with van der Waals surface area (Å²) in [6.45, 7) is 4.18. The van der Waals surface area contributed by atoms with Crippen molar-refractivity contribution in [3.05, 3.63) is 60.2 Å². The summed E-state index contributed by atoms with van der Waals surface area (Å²) >= 11 is 0. The van der Waals surface area contributed by atoms with Crippen LogP contribution in [0.1, 0.15) is 18.9 Å². The smallest absolute Gasteiger partial charge is 0.414 e. The molecule has 8 heteroatoms. The fourth-order valence-electron chi connectivity index (χ4n) is 2.39. The predicted molar refractivity (Wildman–Crippen MR) is 112 cm³/mol. The third kappa shape index (κ3) is 11.0.